The Morgan fingerprint density at radius 1 is 1.08 bits per heavy atom. The van der Waals surface area contributed by atoms with Crippen LogP contribution >= 0.6 is 24.0 Å². The first-order valence-electron chi connectivity index (χ1n) is 9.41. The van der Waals surface area contributed by atoms with Gasteiger partial charge in [-0.25, -0.2) is 0 Å². The number of hydrogen-bond acceptors (Lipinski definition) is 3. The molecule has 1 saturated carbocycles. The van der Waals surface area contributed by atoms with Gasteiger partial charge < -0.3 is 15.5 Å². The van der Waals surface area contributed by atoms with Gasteiger partial charge in [0, 0.05) is 38.3 Å². The average Bonchev–Trinajstić information content (AvgIpc) is 2.47. The number of nitrogens with zero attached hydrogens (tertiary/aromatic N) is 3. The topological polar surface area (TPSA) is 42.9 Å². The smallest absolute Gasteiger partial charge is 0.191 e. The van der Waals surface area contributed by atoms with Gasteiger partial charge in [-0.1, -0.05) is 13.8 Å². The van der Waals surface area contributed by atoms with Gasteiger partial charge in [0.1, 0.15) is 0 Å². The minimum Gasteiger partial charge on any atom is -0.357 e. The predicted molar refractivity (Wildman–Crippen MR) is 114 cm³/mol. The third-order valence-corrected chi connectivity index (χ3v) is 5.30. The zero-order chi connectivity index (χ0) is 16.8. The summed E-state index contributed by atoms with van der Waals surface area (Å²) in [5.74, 6) is 2.63. The lowest BCUT2D eigenvalue weighted by Gasteiger charge is -2.37. The van der Waals surface area contributed by atoms with Crippen LogP contribution in [0.1, 0.15) is 40.0 Å². The van der Waals surface area contributed by atoms with Crippen molar-refractivity contribution in [3.05, 3.63) is 0 Å². The van der Waals surface area contributed by atoms with Crippen LogP contribution in [0.15, 0.2) is 4.99 Å². The van der Waals surface area contributed by atoms with E-state index in [-0.39, 0.29) is 24.0 Å². The molecule has 2 fully saturated rings. The first-order chi connectivity index (χ1) is 11.0. The molecule has 0 amide bonds. The molecule has 5 nitrogen and oxygen atoms in total. The van der Waals surface area contributed by atoms with E-state index >= 15 is 0 Å². The van der Waals surface area contributed by atoms with Gasteiger partial charge in [-0.2, -0.15) is 0 Å². The second kappa shape index (κ2) is 10.8. The van der Waals surface area contributed by atoms with Crippen LogP contribution in [-0.2, 0) is 0 Å². The van der Waals surface area contributed by atoms with Gasteiger partial charge in [0.25, 0.3) is 0 Å². The minimum absolute atomic E-state index is 0. The molecule has 2 aliphatic rings. The van der Waals surface area contributed by atoms with E-state index in [9.17, 15) is 0 Å². The Morgan fingerprint density at radius 3 is 2.38 bits per heavy atom. The quantitative estimate of drug-likeness (QED) is 0.391. The molecule has 2 rings (SSSR count). The summed E-state index contributed by atoms with van der Waals surface area (Å²) in [5, 5.41) is 7.12. The number of hydrogen-bond donors (Lipinski definition) is 2. The van der Waals surface area contributed by atoms with Gasteiger partial charge in [-0.3, -0.25) is 9.89 Å². The van der Waals surface area contributed by atoms with E-state index in [1.54, 1.807) is 0 Å². The van der Waals surface area contributed by atoms with Crippen molar-refractivity contribution in [1.82, 2.24) is 20.4 Å². The molecule has 1 saturated heterocycles. The molecule has 0 spiro atoms. The van der Waals surface area contributed by atoms with E-state index in [1.165, 1.54) is 19.3 Å². The number of guanidine groups is 1. The van der Waals surface area contributed by atoms with E-state index in [4.69, 9.17) is 4.99 Å². The largest absolute Gasteiger partial charge is 0.357 e. The maximum absolute atomic E-state index is 4.89. The number of nitrogens with one attached hydrogen (secondary N) is 2. The molecule has 1 aliphatic carbocycles. The van der Waals surface area contributed by atoms with Crippen LogP contribution in [0.2, 0.25) is 0 Å². The Morgan fingerprint density at radius 2 is 1.75 bits per heavy atom. The van der Waals surface area contributed by atoms with Crippen molar-refractivity contribution in [2.45, 2.75) is 52.1 Å². The molecular weight excluding hydrogens is 413 g/mol. The lowest BCUT2D eigenvalue weighted by molar-refractivity contribution is 0.119. The van der Waals surface area contributed by atoms with Crippen LogP contribution in [0.5, 0.6) is 0 Å². The van der Waals surface area contributed by atoms with Gasteiger partial charge in [-0.05, 0) is 52.1 Å². The summed E-state index contributed by atoms with van der Waals surface area (Å²) in [6.07, 6.45) is 3.90. The number of piperazine rings is 1. The SMILES string of the molecule is CCNC(=NCC1CN(C)CCN1C)NC1CC(C)CC(C)C1.I. The van der Waals surface area contributed by atoms with Crippen molar-refractivity contribution in [2.24, 2.45) is 16.8 Å². The second-order valence-electron chi connectivity index (χ2n) is 7.88. The Bertz CT molecular complexity index is 380. The predicted octanol–water partition coefficient (Wildman–Crippen LogP) is 2.23. The van der Waals surface area contributed by atoms with Gasteiger partial charge in [-0.15, -0.1) is 24.0 Å². The summed E-state index contributed by atoms with van der Waals surface area (Å²) in [5.41, 5.74) is 0. The van der Waals surface area contributed by atoms with Crippen molar-refractivity contribution in [3.8, 4) is 0 Å². The highest BCUT2D eigenvalue weighted by Gasteiger charge is 2.25. The Hall–Kier alpha value is -0.0800. The van der Waals surface area contributed by atoms with Crippen LogP contribution in [0.4, 0.5) is 0 Å². The molecule has 6 heteroatoms. The maximum atomic E-state index is 4.89. The number of halogens is 1. The summed E-state index contributed by atoms with van der Waals surface area (Å²) in [6, 6.07) is 1.09. The highest BCUT2D eigenvalue weighted by Crippen LogP contribution is 2.28. The van der Waals surface area contributed by atoms with Crippen LogP contribution < -0.4 is 10.6 Å². The van der Waals surface area contributed by atoms with Crippen LogP contribution in [0, 0.1) is 11.8 Å². The zero-order valence-corrected chi connectivity index (χ0v) is 18.5. The van der Waals surface area contributed by atoms with Gasteiger partial charge in [0.2, 0.25) is 0 Å². The molecule has 1 aliphatic heterocycles. The number of rotatable bonds is 4. The molecule has 0 aromatic rings. The molecule has 3 atom stereocenters. The fraction of sp³-hybridized carbons (Fsp3) is 0.944. The fourth-order valence-electron chi connectivity index (χ4n) is 4.07. The first kappa shape index (κ1) is 22.0. The third kappa shape index (κ3) is 7.04. The highest BCUT2D eigenvalue weighted by atomic mass is 127. The van der Waals surface area contributed by atoms with E-state index in [0.717, 1.165) is 50.5 Å². The number of likely N-dealkylation sites (N-methyl/N-ethyl adjacent to an activating group) is 2. The summed E-state index contributed by atoms with van der Waals surface area (Å²) in [4.78, 5) is 9.74. The van der Waals surface area contributed by atoms with Crippen LogP contribution in [0.3, 0.4) is 0 Å². The summed E-state index contributed by atoms with van der Waals surface area (Å²) in [7, 11) is 4.43. The lowest BCUT2D eigenvalue weighted by Crippen LogP contribution is -2.52. The fourth-order valence-corrected chi connectivity index (χ4v) is 4.07. The minimum atomic E-state index is 0. The molecule has 142 valence electrons. The summed E-state index contributed by atoms with van der Waals surface area (Å²) in [6.45, 7) is 12.1. The lowest BCUT2D eigenvalue weighted by atomic mass is 9.80. The van der Waals surface area contributed by atoms with Gasteiger partial charge in [0.15, 0.2) is 5.96 Å². The number of aliphatic imine (C=N–C) groups is 1. The molecule has 0 aromatic heterocycles. The Labute approximate surface area is 166 Å². The molecule has 1 heterocycles. The van der Waals surface area contributed by atoms with Crippen molar-refractivity contribution in [3.63, 3.8) is 0 Å². The average molecular weight is 451 g/mol. The summed E-state index contributed by atoms with van der Waals surface area (Å²) >= 11 is 0. The Balaban J connectivity index is 0.00000288. The molecule has 0 aromatic carbocycles. The van der Waals surface area contributed by atoms with E-state index in [2.05, 4.69) is 55.3 Å². The monoisotopic (exact) mass is 451 g/mol. The van der Waals surface area contributed by atoms with Crippen molar-refractivity contribution >= 4 is 29.9 Å². The van der Waals surface area contributed by atoms with Crippen LogP contribution in [-0.4, -0.2) is 74.7 Å². The van der Waals surface area contributed by atoms with Crippen molar-refractivity contribution in [1.29, 1.82) is 0 Å². The highest BCUT2D eigenvalue weighted by molar-refractivity contribution is 14.0. The first-order valence-corrected chi connectivity index (χ1v) is 9.41. The molecule has 24 heavy (non-hydrogen) atoms. The standard InChI is InChI=1S/C18H37N5.HI/c1-6-19-18(21-16-10-14(2)9-15(3)11-16)20-12-17-13-22(4)7-8-23(17)5;/h14-17H,6-13H2,1-5H3,(H2,19,20,21);1H. The second-order valence-corrected chi connectivity index (χ2v) is 7.88. The van der Waals surface area contributed by atoms with Crippen molar-refractivity contribution < 1.29 is 0 Å². The Kier molecular flexibility index (Phi) is 9.89. The van der Waals surface area contributed by atoms with Gasteiger partial charge in [0.05, 0.1) is 6.54 Å². The molecule has 3 unspecified atom stereocenters. The molecule has 0 bridgehead atoms. The van der Waals surface area contributed by atoms with Gasteiger partial charge >= 0.3 is 0 Å². The maximum Gasteiger partial charge on any atom is 0.191 e. The molecule has 2 N–H and O–H groups in total. The molecular formula is C18H38IN5. The van der Waals surface area contributed by atoms with E-state index < -0.39 is 0 Å². The van der Waals surface area contributed by atoms with Crippen molar-refractivity contribution in [2.75, 3.05) is 46.8 Å². The summed E-state index contributed by atoms with van der Waals surface area (Å²) < 4.78 is 0. The van der Waals surface area contributed by atoms with E-state index in [0.29, 0.717) is 12.1 Å². The normalized spacial score (nSPS) is 33.0. The van der Waals surface area contributed by atoms with Crippen LogP contribution in [0.25, 0.3) is 0 Å². The molecule has 0 radical (unpaired) electrons. The zero-order valence-electron chi connectivity index (χ0n) is 16.2. The van der Waals surface area contributed by atoms with E-state index in [1.807, 2.05) is 0 Å². The third-order valence-electron chi connectivity index (χ3n) is 5.30.